The van der Waals surface area contributed by atoms with Crippen molar-refractivity contribution in [2.45, 2.75) is 36.2 Å². The Morgan fingerprint density at radius 2 is 1.89 bits per heavy atom. The second-order valence-corrected chi connectivity index (χ2v) is 9.14. The molecule has 0 saturated carbocycles. The van der Waals surface area contributed by atoms with Crippen molar-refractivity contribution in [3.63, 3.8) is 0 Å². The minimum absolute atomic E-state index is 0.620. The van der Waals surface area contributed by atoms with E-state index >= 15 is 0 Å². The minimum Gasteiger partial charge on any atom is -0.497 e. The van der Waals surface area contributed by atoms with E-state index in [0.29, 0.717) is 12.0 Å². The molecule has 2 unspecified atom stereocenters. The van der Waals surface area contributed by atoms with Gasteiger partial charge in [0.25, 0.3) is 0 Å². The van der Waals surface area contributed by atoms with E-state index in [0.717, 1.165) is 31.1 Å². The number of piperidine rings is 1. The number of thioether (sulfide) groups is 1. The summed E-state index contributed by atoms with van der Waals surface area (Å²) in [6.07, 6.45) is 2.53. The van der Waals surface area contributed by atoms with Crippen LogP contribution < -0.4 is 14.4 Å². The van der Waals surface area contributed by atoms with Gasteiger partial charge in [-0.25, -0.2) is 0 Å². The average Bonchev–Trinajstić information content (AvgIpc) is 2.88. The van der Waals surface area contributed by atoms with Crippen LogP contribution in [0.25, 0.3) is 0 Å². The number of fused-ring (bicyclic) bond motifs is 3. The number of anilines is 1. The van der Waals surface area contributed by atoms with E-state index in [1.807, 2.05) is 17.8 Å². The van der Waals surface area contributed by atoms with Crippen molar-refractivity contribution in [3.05, 3.63) is 47.5 Å². The molecule has 0 N–H and O–H groups in total. The van der Waals surface area contributed by atoms with Crippen LogP contribution in [0.5, 0.6) is 11.5 Å². The lowest BCUT2D eigenvalue weighted by molar-refractivity contribution is 0.185. The number of benzene rings is 2. The Kier molecular flexibility index (Phi) is 4.89. The topological polar surface area (TPSA) is 24.9 Å². The number of likely N-dealkylation sites (tertiary alicyclic amines) is 1. The predicted molar refractivity (Wildman–Crippen MR) is 115 cm³/mol. The van der Waals surface area contributed by atoms with Crippen molar-refractivity contribution >= 4 is 17.4 Å². The van der Waals surface area contributed by atoms with Gasteiger partial charge in [0.1, 0.15) is 11.5 Å². The van der Waals surface area contributed by atoms with Gasteiger partial charge in [0.2, 0.25) is 0 Å². The van der Waals surface area contributed by atoms with E-state index in [2.05, 4.69) is 40.1 Å². The number of rotatable bonds is 4. The van der Waals surface area contributed by atoms with Gasteiger partial charge in [-0.15, -0.1) is 11.8 Å². The van der Waals surface area contributed by atoms with Gasteiger partial charge >= 0.3 is 0 Å². The number of hydrogen-bond acceptors (Lipinski definition) is 5. The Hall–Kier alpha value is -1.85. The van der Waals surface area contributed by atoms with Gasteiger partial charge in [0.15, 0.2) is 0 Å². The third-order valence-electron chi connectivity index (χ3n) is 6.40. The molecule has 2 atom stereocenters. The summed E-state index contributed by atoms with van der Waals surface area (Å²) in [5.41, 5.74) is 4.38. The zero-order valence-electron chi connectivity index (χ0n) is 16.7. The molecule has 0 aliphatic carbocycles. The molecule has 0 radical (unpaired) electrons. The van der Waals surface area contributed by atoms with Crippen molar-refractivity contribution in [1.82, 2.24) is 4.90 Å². The first kappa shape index (κ1) is 18.2. The van der Waals surface area contributed by atoms with Crippen LogP contribution in [-0.2, 0) is 6.54 Å². The van der Waals surface area contributed by atoms with Crippen LogP contribution in [-0.4, -0.2) is 50.5 Å². The number of hydrogen-bond donors (Lipinski definition) is 0. The highest BCUT2D eigenvalue weighted by Gasteiger charge is 2.43. The Labute approximate surface area is 171 Å². The quantitative estimate of drug-likeness (QED) is 0.764. The van der Waals surface area contributed by atoms with Crippen molar-refractivity contribution in [2.24, 2.45) is 0 Å². The molecule has 3 aliphatic heterocycles. The van der Waals surface area contributed by atoms with Crippen molar-refractivity contribution < 1.29 is 9.47 Å². The van der Waals surface area contributed by atoms with Crippen molar-refractivity contribution in [3.8, 4) is 11.5 Å². The highest BCUT2D eigenvalue weighted by Crippen LogP contribution is 2.50. The van der Waals surface area contributed by atoms with Crippen LogP contribution in [0.4, 0.5) is 5.69 Å². The van der Waals surface area contributed by atoms with Crippen LogP contribution in [0, 0.1) is 0 Å². The third-order valence-corrected chi connectivity index (χ3v) is 7.53. The summed E-state index contributed by atoms with van der Waals surface area (Å²) in [5.74, 6) is 3.60. The van der Waals surface area contributed by atoms with Crippen molar-refractivity contribution in [2.75, 3.05) is 44.5 Å². The zero-order valence-corrected chi connectivity index (χ0v) is 17.5. The molecule has 148 valence electrons. The molecule has 5 heteroatoms. The molecule has 4 nitrogen and oxygen atoms in total. The fraction of sp³-hybridized carbons (Fsp3) is 0.478. The van der Waals surface area contributed by atoms with E-state index in [4.69, 9.17) is 9.47 Å². The van der Waals surface area contributed by atoms with Gasteiger partial charge in [0, 0.05) is 49.1 Å². The maximum Gasteiger partial charge on any atom is 0.122 e. The van der Waals surface area contributed by atoms with E-state index in [1.54, 1.807) is 25.5 Å². The van der Waals surface area contributed by atoms with E-state index in [-0.39, 0.29) is 0 Å². The first-order valence-corrected chi connectivity index (χ1v) is 11.2. The summed E-state index contributed by atoms with van der Waals surface area (Å²) >= 11 is 2.04. The second kappa shape index (κ2) is 7.53. The van der Waals surface area contributed by atoms with Crippen LogP contribution in [0.3, 0.4) is 0 Å². The SMILES string of the molecule is COc1cc(CN2CCC3C(C2)c2cccc4c2N3CCCS4)cc(OC)c1. The zero-order chi connectivity index (χ0) is 19.1. The van der Waals surface area contributed by atoms with E-state index in [9.17, 15) is 0 Å². The number of nitrogens with zero attached hydrogens (tertiary/aromatic N) is 2. The van der Waals surface area contributed by atoms with Gasteiger partial charge in [-0.2, -0.15) is 0 Å². The number of para-hydroxylation sites is 1. The van der Waals surface area contributed by atoms with Crippen molar-refractivity contribution in [1.29, 1.82) is 0 Å². The molecular weight excluding hydrogens is 368 g/mol. The molecule has 28 heavy (non-hydrogen) atoms. The highest BCUT2D eigenvalue weighted by atomic mass is 32.2. The lowest BCUT2D eigenvalue weighted by atomic mass is 9.89. The van der Waals surface area contributed by atoms with Crippen LogP contribution >= 0.6 is 11.8 Å². The lowest BCUT2D eigenvalue weighted by Gasteiger charge is -2.39. The molecule has 0 aromatic heterocycles. The molecular formula is C23H28N2O2S. The molecule has 3 aliphatic rings. The Morgan fingerprint density at radius 3 is 2.68 bits per heavy atom. The summed E-state index contributed by atoms with van der Waals surface area (Å²) < 4.78 is 10.9. The summed E-state index contributed by atoms with van der Waals surface area (Å²) in [6.45, 7) is 4.43. The normalized spacial score (nSPS) is 23.7. The summed E-state index contributed by atoms with van der Waals surface area (Å²) in [7, 11) is 3.43. The van der Waals surface area contributed by atoms with Gasteiger partial charge in [-0.05, 0) is 47.9 Å². The average molecular weight is 397 g/mol. The lowest BCUT2D eigenvalue weighted by Crippen LogP contribution is -2.46. The highest BCUT2D eigenvalue weighted by molar-refractivity contribution is 7.99. The molecule has 0 bridgehead atoms. The third kappa shape index (κ3) is 3.15. The first-order chi connectivity index (χ1) is 13.8. The largest absolute Gasteiger partial charge is 0.497 e. The van der Waals surface area contributed by atoms with Crippen LogP contribution in [0.15, 0.2) is 41.3 Å². The number of ether oxygens (including phenoxy) is 2. The summed E-state index contributed by atoms with van der Waals surface area (Å²) in [6, 6.07) is 13.8. The fourth-order valence-electron chi connectivity index (χ4n) is 5.17. The second-order valence-electron chi connectivity index (χ2n) is 8.01. The molecule has 0 amide bonds. The van der Waals surface area contributed by atoms with E-state index in [1.165, 1.54) is 35.6 Å². The summed E-state index contributed by atoms with van der Waals surface area (Å²) in [5, 5.41) is 0. The number of methoxy groups -OCH3 is 2. The standard InChI is InChI=1S/C23H28N2O2S/c1-26-17-11-16(12-18(13-17)27-2)14-24-9-7-21-20(15-24)19-5-3-6-22-23(19)25(21)8-4-10-28-22/h3,5-6,11-13,20-21H,4,7-10,14-15H2,1-2H3. The van der Waals surface area contributed by atoms with Gasteiger partial charge in [-0.1, -0.05) is 12.1 Å². The Balaban J connectivity index is 1.39. The van der Waals surface area contributed by atoms with Gasteiger partial charge in [-0.3, -0.25) is 4.90 Å². The summed E-state index contributed by atoms with van der Waals surface area (Å²) in [4.78, 5) is 6.84. The maximum absolute atomic E-state index is 5.46. The molecule has 3 heterocycles. The maximum atomic E-state index is 5.46. The smallest absolute Gasteiger partial charge is 0.122 e. The minimum atomic E-state index is 0.620. The van der Waals surface area contributed by atoms with E-state index < -0.39 is 0 Å². The Bertz CT molecular complexity index is 849. The molecule has 2 aromatic carbocycles. The molecule has 1 fully saturated rings. The van der Waals surface area contributed by atoms with Crippen LogP contribution in [0.1, 0.15) is 29.9 Å². The van der Waals surface area contributed by atoms with Crippen LogP contribution in [0.2, 0.25) is 0 Å². The predicted octanol–water partition coefficient (Wildman–Crippen LogP) is 4.38. The molecule has 5 rings (SSSR count). The van der Waals surface area contributed by atoms with Gasteiger partial charge in [0.05, 0.1) is 19.9 Å². The fourth-order valence-corrected chi connectivity index (χ4v) is 6.21. The molecule has 1 saturated heterocycles. The molecule has 2 aromatic rings. The first-order valence-electron chi connectivity index (χ1n) is 10.2. The molecule has 0 spiro atoms. The monoisotopic (exact) mass is 396 g/mol. The Morgan fingerprint density at radius 1 is 1.07 bits per heavy atom. The van der Waals surface area contributed by atoms with Gasteiger partial charge < -0.3 is 14.4 Å².